The molecule has 2 amide bonds. The number of pyridine rings is 1. The van der Waals surface area contributed by atoms with Crippen LogP contribution in [0.4, 0.5) is 18.9 Å². The maximum absolute atomic E-state index is 12.5. The van der Waals surface area contributed by atoms with E-state index in [1.165, 1.54) is 11.8 Å². The Labute approximate surface area is 119 Å². The van der Waals surface area contributed by atoms with Crippen LogP contribution in [0.1, 0.15) is 26.0 Å². The van der Waals surface area contributed by atoms with Gasteiger partial charge >= 0.3 is 6.18 Å². The third-order valence-electron chi connectivity index (χ3n) is 3.34. The lowest BCUT2D eigenvalue weighted by molar-refractivity contribution is -0.141. The second kappa shape index (κ2) is 5.34. The topological polar surface area (TPSA) is 62.3 Å². The largest absolute Gasteiger partial charge is 0.433 e. The zero-order chi connectivity index (χ0) is 15.8. The third-order valence-corrected chi connectivity index (χ3v) is 3.34. The van der Waals surface area contributed by atoms with Crippen molar-refractivity contribution in [1.29, 1.82) is 0 Å². The van der Waals surface area contributed by atoms with Gasteiger partial charge in [0, 0.05) is 0 Å². The van der Waals surface area contributed by atoms with E-state index in [2.05, 4.69) is 10.3 Å². The van der Waals surface area contributed by atoms with E-state index < -0.39 is 24.0 Å². The SMILES string of the molecule is CCC1NC(=O)C(C)N(c2ccc(C(F)(F)F)nc2)C1=O. The first kappa shape index (κ1) is 15.3. The van der Waals surface area contributed by atoms with Crippen LogP contribution < -0.4 is 10.2 Å². The van der Waals surface area contributed by atoms with Crippen molar-refractivity contribution >= 4 is 17.5 Å². The second-order valence-corrected chi connectivity index (χ2v) is 4.75. The van der Waals surface area contributed by atoms with Gasteiger partial charge in [-0.2, -0.15) is 13.2 Å². The van der Waals surface area contributed by atoms with Crippen molar-refractivity contribution in [2.45, 2.75) is 38.5 Å². The fraction of sp³-hybridized carbons (Fsp3) is 0.462. The summed E-state index contributed by atoms with van der Waals surface area (Å²) in [7, 11) is 0. The van der Waals surface area contributed by atoms with Gasteiger partial charge in [0.1, 0.15) is 17.8 Å². The number of nitrogens with zero attached hydrogens (tertiary/aromatic N) is 2. The van der Waals surface area contributed by atoms with E-state index in [-0.39, 0.29) is 17.5 Å². The number of aromatic nitrogens is 1. The molecule has 2 unspecified atom stereocenters. The van der Waals surface area contributed by atoms with Gasteiger partial charge in [-0.3, -0.25) is 14.5 Å². The molecule has 0 bridgehead atoms. The van der Waals surface area contributed by atoms with Gasteiger partial charge in [-0.15, -0.1) is 0 Å². The van der Waals surface area contributed by atoms with Crippen LogP contribution in [0.15, 0.2) is 18.3 Å². The minimum absolute atomic E-state index is 0.175. The van der Waals surface area contributed by atoms with E-state index in [1.54, 1.807) is 6.92 Å². The number of anilines is 1. The number of carbonyl (C=O) groups is 2. The minimum Gasteiger partial charge on any atom is -0.343 e. The van der Waals surface area contributed by atoms with Crippen molar-refractivity contribution < 1.29 is 22.8 Å². The lowest BCUT2D eigenvalue weighted by Crippen LogP contribution is -2.62. The molecule has 1 aliphatic heterocycles. The lowest BCUT2D eigenvalue weighted by Gasteiger charge is -2.36. The molecule has 0 radical (unpaired) electrons. The Morgan fingerprint density at radius 2 is 2.00 bits per heavy atom. The molecule has 0 saturated carbocycles. The molecule has 21 heavy (non-hydrogen) atoms. The summed E-state index contributed by atoms with van der Waals surface area (Å²) in [5, 5.41) is 2.57. The first-order chi connectivity index (χ1) is 9.75. The van der Waals surface area contributed by atoms with Gasteiger partial charge in [0.05, 0.1) is 11.9 Å². The molecule has 0 aliphatic carbocycles. The highest BCUT2D eigenvalue weighted by atomic mass is 19.4. The zero-order valence-corrected chi connectivity index (χ0v) is 11.4. The van der Waals surface area contributed by atoms with Crippen molar-refractivity contribution in [2.24, 2.45) is 0 Å². The molecule has 8 heteroatoms. The predicted molar refractivity (Wildman–Crippen MR) is 68.4 cm³/mol. The molecule has 2 rings (SSSR count). The average Bonchev–Trinajstić information content (AvgIpc) is 2.42. The summed E-state index contributed by atoms with van der Waals surface area (Å²) in [6, 6.07) is 0.480. The summed E-state index contributed by atoms with van der Waals surface area (Å²) in [4.78, 5) is 28.6. The maximum atomic E-state index is 12.5. The van der Waals surface area contributed by atoms with Crippen molar-refractivity contribution in [2.75, 3.05) is 4.90 Å². The number of carbonyl (C=O) groups excluding carboxylic acids is 2. The molecule has 114 valence electrons. The molecule has 1 N–H and O–H groups in total. The first-order valence-electron chi connectivity index (χ1n) is 6.42. The van der Waals surface area contributed by atoms with E-state index in [4.69, 9.17) is 0 Å². The molecular weight excluding hydrogens is 287 g/mol. The van der Waals surface area contributed by atoms with Crippen LogP contribution in [0.2, 0.25) is 0 Å². The molecule has 1 aliphatic rings. The van der Waals surface area contributed by atoms with E-state index in [9.17, 15) is 22.8 Å². The molecule has 0 spiro atoms. The Bertz CT molecular complexity index is 557. The van der Waals surface area contributed by atoms with Crippen LogP contribution in [0.25, 0.3) is 0 Å². The number of hydrogen-bond donors (Lipinski definition) is 1. The molecule has 0 aromatic carbocycles. The zero-order valence-electron chi connectivity index (χ0n) is 11.4. The second-order valence-electron chi connectivity index (χ2n) is 4.75. The van der Waals surface area contributed by atoms with Crippen molar-refractivity contribution in [3.05, 3.63) is 24.0 Å². The number of alkyl halides is 3. The summed E-state index contributed by atoms with van der Waals surface area (Å²) >= 11 is 0. The predicted octanol–water partition coefficient (Wildman–Crippen LogP) is 1.73. The minimum atomic E-state index is -4.54. The Balaban J connectivity index is 2.34. The van der Waals surface area contributed by atoms with E-state index in [0.717, 1.165) is 18.3 Å². The molecule has 5 nitrogen and oxygen atoms in total. The van der Waals surface area contributed by atoms with Gasteiger partial charge in [-0.05, 0) is 25.5 Å². The van der Waals surface area contributed by atoms with Crippen LogP contribution in [0, 0.1) is 0 Å². The number of hydrogen-bond acceptors (Lipinski definition) is 3. The van der Waals surface area contributed by atoms with Crippen molar-refractivity contribution in [3.8, 4) is 0 Å². The summed E-state index contributed by atoms with van der Waals surface area (Å²) < 4.78 is 37.5. The number of amides is 2. The Morgan fingerprint density at radius 1 is 1.33 bits per heavy atom. The van der Waals surface area contributed by atoms with Crippen molar-refractivity contribution in [3.63, 3.8) is 0 Å². The van der Waals surface area contributed by atoms with Crippen LogP contribution in [-0.4, -0.2) is 28.9 Å². The fourth-order valence-corrected chi connectivity index (χ4v) is 2.15. The third kappa shape index (κ3) is 2.84. The van der Waals surface area contributed by atoms with Crippen LogP contribution >= 0.6 is 0 Å². The summed E-state index contributed by atoms with van der Waals surface area (Å²) in [5.74, 6) is -0.701. The highest BCUT2D eigenvalue weighted by Crippen LogP contribution is 2.29. The number of halogens is 3. The monoisotopic (exact) mass is 301 g/mol. The molecule has 2 atom stereocenters. The quantitative estimate of drug-likeness (QED) is 0.905. The average molecular weight is 301 g/mol. The van der Waals surface area contributed by atoms with Gasteiger partial charge in [-0.25, -0.2) is 4.98 Å². The molecule has 1 fully saturated rings. The number of rotatable bonds is 2. The van der Waals surface area contributed by atoms with Crippen LogP contribution in [-0.2, 0) is 15.8 Å². The lowest BCUT2D eigenvalue weighted by atomic mass is 10.1. The van der Waals surface area contributed by atoms with Gasteiger partial charge in [0.25, 0.3) is 0 Å². The maximum Gasteiger partial charge on any atom is 0.433 e. The molecule has 1 aromatic heterocycles. The van der Waals surface area contributed by atoms with E-state index in [1.807, 2.05) is 0 Å². The van der Waals surface area contributed by atoms with Gasteiger partial charge in [0.15, 0.2) is 0 Å². The highest BCUT2D eigenvalue weighted by Gasteiger charge is 2.39. The molecular formula is C13H14F3N3O2. The highest BCUT2D eigenvalue weighted by molar-refractivity contribution is 6.08. The Morgan fingerprint density at radius 3 is 2.48 bits per heavy atom. The van der Waals surface area contributed by atoms with Crippen LogP contribution in [0.5, 0.6) is 0 Å². The summed E-state index contributed by atoms with van der Waals surface area (Å²) in [5.41, 5.74) is -0.867. The fourth-order valence-electron chi connectivity index (χ4n) is 2.15. The molecule has 1 aromatic rings. The van der Waals surface area contributed by atoms with Gasteiger partial charge in [-0.1, -0.05) is 6.92 Å². The Kier molecular flexibility index (Phi) is 3.89. The van der Waals surface area contributed by atoms with Crippen molar-refractivity contribution in [1.82, 2.24) is 10.3 Å². The smallest absolute Gasteiger partial charge is 0.343 e. The van der Waals surface area contributed by atoms with E-state index in [0.29, 0.717) is 6.42 Å². The molecule has 2 heterocycles. The first-order valence-corrected chi connectivity index (χ1v) is 6.42. The summed E-state index contributed by atoms with van der Waals surface area (Å²) in [6.07, 6.45) is -3.18. The van der Waals surface area contributed by atoms with Gasteiger partial charge < -0.3 is 5.32 Å². The normalized spacial score (nSPS) is 23.2. The Hall–Kier alpha value is -2.12. The van der Waals surface area contributed by atoms with E-state index >= 15 is 0 Å². The number of piperazine rings is 1. The van der Waals surface area contributed by atoms with Gasteiger partial charge in [0.2, 0.25) is 11.8 Å². The molecule has 1 saturated heterocycles. The summed E-state index contributed by atoms with van der Waals surface area (Å²) in [6.45, 7) is 3.25. The van der Waals surface area contributed by atoms with Crippen LogP contribution in [0.3, 0.4) is 0 Å². The standard InChI is InChI=1S/C13H14F3N3O2/c1-3-9-12(21)19(7(2)11(20)18-9)8-4-5-10(17-6-8)13(14,15)16/h4-7,9H,3H2,1-2H3,(H,18,20). The number of nitrogens with one attached hydrogen (secondary N) is 1.